The summed E-state index contributed by atoms with van der Waals surface area (Å²) in [5.41, 5.74) is 1.60. The normalized spacial score (nSPS) is 16.0. The Balaban J connectivity index is 1.61. The quantitative estimate of drug-likeness (QED) is 0.869. The minimum Gasteiger partial charge on any atom is -0.379 e. The molecule has 1 aliphatic heterocycles. The highest BCUT2D eigenvalue weighted by molar-refractivity contribution is 5.93. The second-order valence-electron chi connectivity index (χ2n) is 6.77. The number of benzene rings is 1. The molecule has 0 spiro atoms. The molecule has 1 saturated heterocycles. The second-order valence-corrected chi connectivity index (χ2v) is 6.77. The summed E-state index contributed by atoms with van der Waals surface area (Å²) < 4.78 is 18.4. The summed E-state index contributed by atoms with van der Waals surface area (Å²) in [6.07, 6.45) is 0. The minimum atomic E-state index is -0.303. The number of carbonyl (C=O) groups is 1. The molecule has 1 aromatic heterocycles. The van der Waals surface area contributed by atoms with Gasteiger partial charge in [-0.3, -0.25) is 14.8 Å². The van der Waals surface area contributed by atoms with Gasteiger partial charge >= 0.3 is 0 Å². The maximum atomic E-state index is 13.0. The van der Waals surface area contributed by atoms with Crippen LogP contribution in [0.4, 0.5) is 4.39 Å². The zero-order chi connectivity index (χ0) is 17.9. The SMILES string of the molecule is CC(C)(CNC(=O)c1cc(-c2ccc(F)cc2)n[nH]1)N1CCOCC1. The molecular weight excluding hydrogens is 323 g/mol. The monoisotopic (exact) mass is 346 g/mol. The minimum absolute atomic E-state index is 0.154. The molecule has 7 heteroatoms. The van der Waals surface area contributed by atoms with Gasteiger partial charge in [-0.15, -0.1) is 0 Å². The van der Waals surface area contributed by atoms with Crippen LogP contribution in [0, 0.1) is 5.82 Å². The lowest BCUT2D eigenvalue weighted by Crippen LogP contribution is -2.55. The van der Waals surface area contributed by atoms with Crippen molar-refractivity contribution in [2.75, 3.05) is 32.8 Å². The molecule has 2 heterocycles. The van der Waals surface area contributed by atoms with E-state index in [0.29, 0.717) is 17.9 Å². The fourth-order valence-corrected chi connectivity index (χ4v) is 2.88. The average Bonchev–Trinajstić information content (AvgIpc) is 3.11. The van der Waals surface area contributed by atoms with E-state index >= 15 is 0 Å². The maximum Gasteiger partial charge on any atom is 0.269 e. The lowest BCUT2D eigenvalue weighted by Gasteiger charge is -2.40. The van der Waals surface area contributed by atoms with Crippen molar-refractivity contribution in [2.45, 2.75) is 19.4 Å². The number of amides is 1. The van der Waals surface area contributed by atoms with Gasteiger partial charge in [0.15, 0.2) is 0 Å². The van der Waals surface area contributed by atoms with Gasteiger partial charge in [-0.25, -0.2) is 4.39 Å². The van der Waals surface area contributed by atoms with Gasteiger partial charge in [0.25, 0.3) is 5.91 Å². The highest BCUT2D eigenvalue weighted by Gasteiger charge is 2.28. The van der Waals surface area contributed by atoms with Crippen LogP contribution in [-0.4, -0.2) is 59.4 Å². The van der Waals surface area contributed by atoms with E-state index < -0.39 is 0 Å². The summed E-state index contributed by atoms with van der Waals surface area (Å²) in [5, 5.41) is 9.84. The van der Waals surface area contributed by atoms with Gasteiger partial charge in [0.1, 0.15) is 11.5 Å². The molecular formula is C18H23FN4O2. The Morgan fingerprint density at radius 3 is 2.68 bits per heavy atom. The highest BCUT2D eigenvalue weighted by Crippen LogP contribution is 2.19. The molecule has 25 heavy (non-hydrogen) atoms. The maximum absolute atomic E-state index is 13.0. The number of aromatic nitrogens is 2. The van der Waals surface area contributed by atoms with Crippen molar-refractivity contribution < 1.29 is 13.9 Å². The predicted molar refractivity (Wildman–Crippen MR) is 92.8 cm³/mol. The Labute approximate surface area is 146 Å². The fourth-order valence-electron chi connectivity index (χ4n) is 2.88. The number of rotatable bonds is 5. The molecule has 3 rings (SSSR count). The van der Waals surface area contributed by atoms with E-state index in [1.54, 1.807) is 18.2 Å². The summed E-state index contributed by atoms with van der Waals surface area (Å²) in [4.78, 5) is 14.7. The number of halogens is 1. The van der Waals surface area contributed by atoms with Crippen molar-refractivity contribution in [2.24, 2.45) is 0 Å². The molecule has 0 bridgehead atoms. The van der Waals surface area contributed by atoms with Crippen molar-refractivity contribution in [3.05, 3.63) is 41.8 Å². The van der Waals surface area contributed by atoms with E-state index in [1.807, 2.05) is 0 Å². The number of hydrogen-bond acceptors (Lipinski definition) is 4. The summed E-state index contributed by atoms with van der Waals surface area (Å²) >= 11 is 0. The fraction of sp³-hybridized carbons (Fsp3) is 0.444. The van der Waals surface area contributed by atoms with Gasteiger partial charge in [-0.2, -0.15) is 5.10 Å². The topological polar surface area (TPSA) is 70.2 Å². The molecule has 1 aromatic carbocycles. The molecule has 0 atom stereocenters. The van der Waals surface area contributed by atoms with Gasteiger partial charge < -0.3 is 10.1 Å². The first-order valence-electron chi connectivity index (χ1n) is 8.38. The number of nitrogens with zero attached hydrogens (tertiary/aromatic N) is 2. The Morgan fingerprint density at radius 1 is 1.32 bits per heavy atom. The van der Waals surface area contributed by atoms with E-state index in [-0.39, 0.29) is 17.3 Å². The molecule has 0 aliphatic carbocycles. The van der Waals surface area contributed by atoms with Crippen molar-refractivity contribution in [1.29, 1.82) is 0 Å². The first-order valence-corrected chi connectivity index (χ1v) is 8.38. The van der Waals surface area contributed by atoms with E-state index in [0.717, 1.165) is 31.9 Å². The Bertz CT molecular complexity index is 721. The first kappa shape index (κ1) is 17.6. The number of hydrogen-bond donors (Lipinski definition) is 2. The zero-order valence-electron chi connectivity index (χ0n) is 14.5. The molecule has 2 aromatic rings. The second kappa shape index (κ2) is 7.33. The zero-order valence-corrected chi connectivity index (χ0v) is 14.5. The van der Waals surface area contributed by atoms with Gasteiger partial charge in [-0.05, 0) is 44.2 Å². The number of aromatic amines is 1. The number of H-pyrrole nitrogens is 1. The van der Waals surface area contributed by atoms with Crippen LogP contribution < -0.4 is 5.32 Å². The summed E-state index contributed by atoms with van der Waals surface area (Å²) in [6.45, 7) is 7.91. The third-order valence-electron chi connectivity index (χ3n) is 4.51. The molecule has 0 unspecified atom stereocenters. The Hall–Kier alpha value is -2.25. The first-order chi connectivity index (χ1) is 12.0. The third kappa shape index (κ3) is 4.24. The molecule has 2 N–H and O–H groups in total. The smallest absolute Gasteiger partial charge is 0.269 e. The number of carbonyl (C=O) groups excluding carboxylic acids is 1. The summed E-state index contributed by atoms with van der Waals surface area (Å²) in [5.74, 6) is -0.509. The van der Waals surface area contributed by atoms with Crippen LogP contribution in [0.1, 0.15) is 24.3 Å². The average molecular weight is 346 g/mol. The van der Waals surface area contributed by atoms with Crippen LogP contribution in [-0.2, 0) is 4.74 Å². The van der Waals surface area contributed by atoms with Crippen LogP contribution in [0.5, 0.6) is 0 Å². The number of ether oxygens (including phenoxy) is 1. The van der Waals surface area contributed by atoms with Crippen LogP contribution >= 0.6 is 0 Å². The molecule has 1 amide bonds. The van der Waals surface area contributed by atoms with E-state index in [1.165, 1.54) is 12.1 Å². The number of morpholine rings is 1. The lowest BCUT2D eigenvalue weighted by atomic mass is 10.0. The van der Waals surface area contributed by atoms with Crippen LogP contribution in [0.15, 0.2) is 30.3 Å². The Morgan fingerprint density at radius 2 is 2.00 bits per heavy atom. The molecule has 134 valence electrons. The predicted octanol–water partition coefficient (Wildman–Crippen LogP) is 2.06. The van der Waals surface area contributed by atoms with Crippen molar-refractivity contribution in [1.82, 2.24) is 20.4 Å². The highest BCUT2D eigenvalue weighted by atomic mass is 19.1. The van der Waals surface area contributed by atoms with E-state index in [4.69, 9.17) is 4.74 Å². The lowest BCUT2D eigenvalue weighted by molar-refractivity contribution is -0.00924. The van der Waals surface area contributed by atoms with E-state index in [9.17, 15) is 9.18 Å². The van der Waals surface area contributed by atoms with Gasteiger partial charge in [0.2, 0.25) is 0 Å². The van der Waals surface area contributed by atoms with Crippen molar-refractivity contribution in [3.8, 4) is 11.3 Å². The van der Waals surface area contributed by atoms with Crippen LogP contribution in [0.25, 0.3) is 11.3 Å². The van der Waals surface area contributed by atoms with Gasteiger partial charge in [0.05, 0.1) is 18.9 Å². The summed E-state index contributed by atoms with van der Waals surface area (Å²) in [6, 6.07) is 7.68. The van der Waals surface area contributed by atoms with Gasteiger partial charge in [0, 0.05) is 30.7 Å². The standard InChI is InChI=1S/C18H23FN4O2/c1-18(2,23-7-9-25-10-8-23)12-20-17(24)16-11-15(21-22-16)13-3-5-14(19)6-4-13/h3-6,11H,7-10,12H2,1-2H3,(H,20,24)(H,21,22). The molecule has 0 saturated carbocycles. The van der Waals surface area contributed by atoms with Crippen LogP contribution in [0.3, 0.4) is 0 Å². The molecule has 6 nitrogen and oxygen atoms in total. The molecule has 1 fully saturated rings. The molecule has 1 aliphatic rings. The largest absolute Gasteiger partial charge is 0.379 e. The van der Waals surface area contributed by atoms with E-state index in [2.05, 4.69) is 34.3 Å². The van der Waals surface area contributed by atoms with Gasteiger partial charge in [-0.1, -0.05) is 0 Å². The van der Waals surface area contributed by atoms with Crippen molar-refractivity contribution in [3.63, 3.8) is 0 Å². The summed E-state index contributed by atoms with van der Waals surface area (Å²) in [7, 11) is 0. The molecule has 0 radical (unpaired) electrons. The van der Waals surface area contributed by atoms with Crippen LogP contribution in [0.2, 0.25) is 0 Å². The third-order valence-corrected chi connectivity index (χ3v) is 4.51. The van der Waals surface area contributed by atoms with Crippen molar-refractivity contribution >= 4 is 5.91 Å². The Kier molecular flexibility index (Phi) is 5.15. The number of nitrogens with one attached hydrogen (secondary N) is 2.